The Kier molecular flexibility index (Phi) is 6.68. The first-order valence-electron chi connectivity index (χ1n) is 13.6. The van der Waals surface area contributed by atoms with E-state index in [1.54, 1.807) is 13.4 Å². The third-order valence-corrected chi connectivity index (χ3v) is 8.44. The van der Waals surface area contributed by atoms with Gasteiger partial charge in [0.25, 0.3) is 5.56 Å². The van der Waals surface area contributed by atoms with Crippen LogP contribution in [0.3, 0.4) is 0 Å². The highest BCUT2D eigenvalue weighted by molar-refractivity contribution is 5.82. The Hall–Kier alpha value is -3.98. The van der Waals surface area contributed by atoms with Gasteiger partial charge in [0.1, 0.15) is 12.0 Å². The van der Waals surface area contributed by atoms with E-state index in [4.69, 9.17) is 4.74 Å². The number of carbonyl (C=O) groups is 1. The zero-order chi connectivity index (χ0) is 27.1. The topological polar surface area (TPSA) is 91.4 Å². The van der Waals surface area contributed by atoms with Gasteiger partial charge >= 0.3 is 11.7 Å². The predicted octanol–water partition coefficient (Wildman–Crippen LogP) is 2.80. The molecule has 2 atom stereocenters. The van der Waals surface area contributed by atoms with Crippen LogP contribution >= 0.6 is 0 Å². The van der Waals surface area contributed by atoms with Gasteiger partial charge in [0, 0.05) is 52.1 Å². The van der Waals surface area contributed by atoms with Crippen LogP contribution in [0.1, 0.15) is 42.7 Å². The van der Waals surface area contributed by atoms with Crippen molar-refractivity contribution in [3.8, 4) is 0 Å². The van der Waals surface area contributed by atoms with E-state index in [9.17, 15) is 14.4 Å². The monoisotopic (exact) mass is 527 g/mol. The summed E-state index contributed by atoms with van der Waals surface area (Å²) < 4.78 is 10.6. The van der Waals surface area contributed by atoms with Crippen molar-refractivity contribution in [1.29, 1.82) is 0 Å². The fourth-order valence-corrected chi connectivity index (χ4v) is 6.46. The number of aryl methyl sites for hydroxylation is 1. The molecule has 2 aliphatic rings. The number of ether oxygens (including phenoxy) is 1. The SMILES string of the molecule is Cn1c(=O)c2c(ncn2CCN2C3CCC2CC(OC(=O)C(c2ccccc2)c2ccccc2)C3)n(C)c1=O. The van der Waals surface area contributed by atoms with Crippen molar-refractivity contribution in [1.82, 2.24) is 23.6 Å². The minimum Gasteiger partial charge on any atom is -0.462 e. The number of nitrogens with zero attached hydrogens (tertiary/aromatic N) is 5. The van der Waals surface area contributed by atoms with E-state index in [0.29, 0.717) is 29.8 Å². The van der Waals surface area contributed by atoms with Gasteiger partial charge in [-0.05, 0) is 24.0 Å². The van der Waals surface area contributed by atoms with Gasteiger partial charge in [0.05, 0.1) is 6.33 Å². The van der Waals surface area contributed by atoms with Crippen molar-refractivity contribution in [3.05, 3.63) is 99.0 Å². The molecule has 2 bridgehead atoms. The smallest absolute Gasteiger partial charge is 0.332 e. The molecule has 0 N–H and O–H groups in total. The lowest BCUT2D eigenvalue weighted by Gasteiger charge is -2.39. The fourth-order valence-electron chi connectivity index (χ4n) is 6.46. The molecule has 0 radical (unpaired) electrons. The lowest BCUT2D eigenvalue weighted by molar-refractivity contribution is -0.153. The van der Waals surface area contributed by atoms with E-state index < -0.39 is 5.92 Å². The third-order valence-electron chi connectivity index (χ3n) is 8.44. The van der Waals surface area contributed by atoms with Crippen LogP contribution < -0.4 is 11.2 Å². The molecule has 4 aromatic rings. The van der Waals surface area contributed by atoms with E-state index in [2.05, 4.69) is 9.88 Å². The molecule has 0 saturated carbocycles. The van der Waals surface area contributed by atoms with Gasteiger partial charge < -0.3 is 9.30 Å². The summed E-state index contributed by atoms with van der Waals surface area (Å²) in [5, 5.41) is 0. The van der Waals surface area contributed by atoms with E-state index in [-0.39, 0.29) is 23.3 Å². The summed E-state index contributed by atoms with van der Waals surface area (Å²) in [7, 11) is 3.13. The first-order valence-corrected chi connectivity index (χ1v) is 13.6. The van der Waals surface area contributed by atoms with Gasteiger partial charge in [-0.15, -0.1) is 0 Å². The Labute approximate surface area is 226 Å². The number of piperidine rings is 1. The van der Waals surface area contributed by atoms with Crippen LogP contribution in [0, 0.1) is 0 Å². The number of esters is 1. The number of hydrogen-bond donors (Lipinski definition) is 0. The molecule has 2 fully saturated rings. The number of imidazole rings is 1. The molecule has 2 aromatic carbocycles. The molecule has 0 spiro atoms. The molecule has 2 aliphatic heterocycles. The van der Waals surface area contributed by atoms with Gasteiger partial charge in [-0.1, -0.05) is 60.7 Å². The minimum absolute atomic E-state index is 0.114. The van der Waals surface area contributed by atoms with Gasteiger partial charge in [-0.2, -0.15) is 0 Å². The highest BCUT2D eigenvalue weighted by Crippen LogP contribution is 2.38. The summed E-state index contributed by atoms with van der Waals surface area (Å²) >= 11 is 0. The molecule has 2 unspecified atom stereocenters. The standard InChI is InChI=1S/C30H33N5O4/c1-32-27-26(28(36)33(2)30(32)38)34(19-31-27)15-16-35-22-13-14-23(35)18-24(17-22)39-29(37)25(20-9-5-3-6-10-20)21-11-7-4-8-12-21/h3-12,19,22-25H,13-18H2,1-2H3. The minimum atomic E-state index is -0.448. The number of benzene rings is 2. The number of fused-ring (bicyclic) bond motifs is 3. The van der Waals surface area contributed by atoms with Gasteiger partial charge in [0.15, 0.2) is 11.2 Å². The molecule has 202 valence electrons. The quantitative estimate of drug-likeness (QED) is 0.343. The van der Waals surface area contributed by atoms with Crippen LogP contribution in [0.5, 0.6) is 0 Å². The Bertz CT molecular complexity index is 1550. The van der Waals surface area contributed by atoms with Crippen molar-refractivity contribution in [3.63, 3.8) is 0 Å². The van der Waals surface area contributed by atoms with Crippen LogP contribution in [0.4, 0.5) is 0 Å². The van der Waals surface area contributed by atoms with E-state index in [1.165, 1.54) is 11.6 Å². The van der Waals surface area contributed by atoms with Gasteiger partial charge in [-0.25, -0.2) is 9.78 Å². The summed E-state index contributed by atoms with van der Waals surface area (Å²) in [6.45, 7) is 1.37. The van der Waals surface area contributed by atoms with Crippen molar-refractivity contribution >= 4 is 17.1 Å². The average molecular weight is 528 g/mol. The molecule has 9 nitrogen and oxygen atoms in total. The van der Waals surface area contributed by atoms with Gasteiger partial charge in [-0.3, -0.25) is 23.6 Å². The van der Waals surface area contributed by atoms with E-state index in [1.807, 2.05) is 65.2 Å². The first kappa shape index (κ1) is 25.3. The number of hydrogen-bond acceptors (Lipinski definition) is 6. The van der Waals surface area contributed by atoms with E-state index in [0.717, 1.165) is 47.9 Å². The molecule has 6 rings (SSSR count). The van der Waals surface area contributed by atoms with Crippen LogP contribution in [0.2, 0.25) is 0 Å². The zero-order valence-corrected chi connectivity index (χ0v) is 22.3. The maximum atomic E-state index is 13.5. The largest absolute Gasteiger partial charge is 0.462 e. The average Bonchev–Trinajstić information content (AvgIpc) is 3.48. The summed E-state index contributed by atoms with van der Waals surface area (Å²) in [5.41, 5.74) is 2.02. The summed E-state index contributed by atoms with van der Waals surface area (Å²) in [5.74, 6) is -0.646. The maximum absolute atomic E-state index is 13.5. The van der Waals surface area contributed by atoms with Crippen molar-refractivity contribution in [2.24, 2.45) is 14.1 Å². The third kappa shape index (κ3) is 4.61. The fraction of sp³-hybridized carbons (Fsp3) is 0.400. The van der Waals surface area contributed by atoms with E-state index >= 15 is 0 Å². The molecule has 2 saturated heterocycles. The normalized spacial score (nSPS) is 21.1. The second kappa shape index (κ2) is 10.3. The van der Waals surface area contributed by atoms with Crippen molar-refractivity contribution in [2.45, 2.75) is 56.3 Å². The first-order chi connectivity index (χ1) is 18.9. The maximum Gasteiger partial charge on any atom is 0.332 e. The molecule has 0 amide bonds. The molecule has 2 aromatic heterocycles. The molecule has 9 heteroatoms. The zero-order valence-electron chi connectivity index (χ0n) is 22.3. The predicted molar refractivity (Wildman–Crippen MR) is 148 cm³/mol. The van der Waals surface area contributed by atoms with Crippen molar-refractivity contribution < 1.29 is 9.53 Å². The highest BCUT2D eigenvalue weighted by atomic mass is 16.5. The summed E-state index contributed by atoms with van der Waals surface area (Å²) in [4.78, 5) is 45.4. The molecular weight excluding hydrogens is 494 g/mol. The summed E-state index contributed by atoms with van der Waals surface area (Å²) in [6, 6.07) is 20.3. The highest BCUT2D eigenvalue weighted by Gasteiger charge is 2.42. The molecular formula is C30H33N5O4. The van der Waals surface area contributed by atoms with Crippen LogP contribution in [-0.2, 0) is 30.2 Å². The molecule has 0 aliphatic carbocycles. The Morgan fingerprint density at radius 2 is 1.49 bits per heavy atom. The Morgan fingerprint density at radius 3 is 2.08 bits per heavy atom. The second-order valence-electron chi connectivity index (χ2n) is 10.7. The molecule has 4 heterocycles. The number of carbonyl (C=O) groups excluding carboxylic acids is 1. The van der Waals surface area contributed by atoms with Crippen LogP contribution in [0.15, 0.2) is 76.6 Å². The summed E-state index contributed by atoms with van der Waals surface area (Å²) in [6.07, 6.45) is 5.28. The van der Waals surface area contributed by atoms with Gasteiger partial charge in [0.2, 0.25) is 0 Å². The second-order valence-corrected chi connectivity index (χ2v) is 10.7. The van der Waals surface area contributed by atoms with Crippen LogP contribution in [0.25, 0.3) is 11.2 Å². The van der Waals surface area contributed by atoms with Crippen molar-refractivity contribution in [2.75, 3.05) is 6.54 Å². The van der Waals surface area contributed by atoms with Crippen LogP contribution in [-0.4, -0.2) is 54.3 Å². The number of aromatic nitrogens is 4. The lowest BCUT2D eigenvalue weighted by Crippen LogP contribution is -2.47. The lowest BCUT2D eigenvalue weighted by atomic mass is 9.91. The Balaban J connectivity index is 1.15. The number of rotatable bonds is 7. The Morgan fingerprint density at radius 1 is 0.897 bits per heavy atom. The molecule has 39 heavy (non-hydrogen) atoms.